The van der Waals surface area contributed by atoms with Crippen molar-refractivity contribution < 1.29 is 4.42 Å². The van der Waals surface area contributed by atoms with E-state index in [9.17, 15) is 0 Å². The molecule has 0 saturated carbocycles. The fraction of sp³-hybridized carbons (Fsp3) is 0.235. The van der Waals surface area contributed by atoms with Crippen molar-refractivity contribution in [1.29, 1.82) is 0 Å². The molecule has 1 unspecified atom stereocenters. The molecule has 2 heterocycles. The topological polar surface area (TPSA) is 43.0 Å². The molecular weight excluding hydrogens is 262 g/mol. The third-order valence-electron chi connectivity index (χ3n) is 3.57. The minimum atomic E-state index is 0.166. The fourth-order valence-electron chi connectivity index (χ4n) is 2.60. The predicted molar refractivity (Wildman–Crippen MR) is 83.8 cm³/mol. The number of nitrogens with one attached hydrogen (secondary N) is 1. The third kappa shape index (κ3) is 2.70. The van der Waals surface area contributed by atoms with Crippen molar-refractivity contribution in [3.05, 3.63) is 65.9 Å². The minimum Gasteiger partial charge on any atom is -0.466 e. The summed E-state index contributed by atoms with van der Waals surface area (Å²) < 4.78 is 7.48. The highest BCUT2D eigenvalue weighted by atomic mass is 16.3. The Bertz CT molecular complexity index is 728. The molecule has 0 fully saturated rings. The number of hydrogen-bond donors (Lipinski definition) is 1. The number of aromatic nitrogens is 2. The number of aryl methyl sites for hydroxylation is 2. The number of rotatable bonds is 4. The van der Waals surface area contributed by atoms with E-state index in [1.54, 1.807) is 6.20 Å². The molecular formula is C17H19N3O. The third-order valence-corrected chi connectivity index (χ3v) is 3.57. The zero-order valence-corrected chi connectivity index (χ0v) is 12.5. The zero-order valence-electron chi connectivity index (χ0n) is 12.5. The Morgan fingerprint density at radius 1 is 1.19 bits per heavy atom. The summed E-state index contributed by atoms with van der Waals surface area (Å²) in [5.74, 6) is 1.90. The summed E-state index contributed by atoms with van der Waals surface area (Å²) in [6.45, 7) is 6.11. The van der Waals surface area contributed by atoms with Gasteiger partial charge < -0.3 is 9.73 Å². The minimum absolute atomic E-state index is 0.166. The summed E-state index contributed by atoms with van der Waals surface area (Å²) in [6, 6.07) is 12.3. The molecule has 3 rings (SSSR count). The van der Waals surface area contributed by atoms with Crippen LogP contribution < -0.4 is 5.32 Å². The van der Waals surface area contributed by atoms with Crippen molar-refractivity contribution in [2.45, 2.75) is 26.8 Å². The van der Waals surface area contributed by atoms with Gasteiger partial charge in [-0.3, -0.25) is 0 Å². The van der Waals surface area contributed by atoms with Crippen LogP contribution in [0.4, 0.5) is 5.69 Å². The lowest BCUT2D eigenvalue weighted by Gasteiger charge is -2.17. The molecule has 108 valence electrons. The Kier molecular flexibility index (Phi) is 3.52. The molecule has 0 spiro atoms. The molecule has 1 N–H and O–H groups in total. The largest absolute Gasteiger partial charge is 0.466 e. The molecule has 2 aromatic heterocycles. The molecule has 21 heavy (non-hydrogen) atoms. The van der Waals surface area contributed by atoms with Gasteiger partial charge in [-0.1, -0.05) is 12.1 Å². The van der Waals surface area contributed by atoms with Crippen molar-refractivity contribution >= 4 is 5.69 Å². The SMILES string of the molecule is Cc1cc(C(C)Nc2ccccc2-n2cccn2)c(C)o1. The molecule has 1 aromatic carbocycles. The van der Waals surface area contributed by atoms with E-state index in [2.05, 4.69) is 35.5 Å². The van der Waals surface area contributed by atoms with Crippen molar-refractivity contribution in [1.82, 2.24) is 9.78 Å². The van der Waals surface area contributed by atoms with Crippen molar-refractivity contribution in [3.63, 3.8) is 0 Å². The highest BCUT2D eigenvalue weighted by Gasteiger charge is 2.14. The van der Waals surface area contributed by atoms with E-state index < -0.39 is 0 Å². The van der Waals surface area contributed by atoms with Crippen molar-refractivity contribution in [3.8, 4) is 5.69 Å². The number of nitrogens with zero attached hydrogens (tertiary/aromatic N) is 2. The van der Waals surface area contributed by atoms with Gasteiger partial charge in [0.25, 0.3) is 0 Å². The highest BCUT2D eigenvalue weighted by Crippen LogP contribution is 2.27. The van der Waals surface area contributed by atoms with E-state index >= 15 is 0 Å². The van der Waals surface area contributed by atoms with Crippen LogP contribution in [0.2, 0.25) is 0 Å². The highest BCUT2D eigenvalue weighted by molar-refractivity contribution is 5.61. The maximum absolute atomic E-state index is 5.62. The Hall–Kier alpha value is -2.49. The fourth-order valence-corrected chi connectivity index (χ4v) is 2.60. The number of anilines is 1. The number of para-hydroxylation sites is 2. The lowest BCUT2D eigenvalue weighted by Crippen LogP contribution is -2.09. The van der Waals surface area contributed by atoms with Crippen LogP contribution in [0, 0.1) is 13.8 Å². The predicted octanol–water partition coefficient (Wildman–Crippen LogP) is 4.26. The van der Waals surface area contributed by atoms with Crippen LogP contribution in [0.3, 0.4) is 0 Å². The van der Waals surface area contributed by atoms with E-state index in [-0.39, 0.29) is 6.04 Å². The summed E-state index contributed by atoms with van der Waals surface area (Å²) in [5.41, 5.74) is 3.27. The number of furan rings is 1. The molecule has 0 aliphatic rings. The Labute approximate surface area is 124 Å². The van der Waals surface area contributed by atoms with E-state index in [0.29, 0.717) is 0 Å². The van der Waals surface area contributed by atoms with Gasteiger partial charge in [-0.2, -0.15) is 5.10 Å². The summed E-state index contributed by atoms with van der Waals surface area (Å²) in [4.78, 5) is 0. The van der Waals surface area contributed by atoms with E-state index in [4.69, 9.17) is 4.42 Å². The van der Waals surface area contributed by atoms with Crippen LogP contribution in [-0.4, -0.2) is 9.78 Å². The first-order chi connectivity index (χ1) is 10.1. The van der Waals surface area contributed by atoms with Gasteiger partial charge in [0.2, 0.25) is 0 Å². The summed E-state index contributed by atoms with van der Waals surface area (Å²) in [6.07, 6.45) is 3.72. The van der Waals surface area contributed by atoms with Gasteiger partial charge >= 0.3 is 0 Å². The van der Waals surface area contributed by atoms with Crippen molar-refractivity contribution in [2.24, 2.45) is 0 Å². The van der Waals surface area contributed by atoms with Gasteiger partial charge in [-0.25, -0.2) is 4.68 Å². The van der Waals surface area contributed by atoms with Crippen LogP contribution in [0.25, 0.3) is 5.69 Å². The molecule has 3 aromatic rings. The average Bonchev–Trinajstić information content (AvgIpc) is 3.09. The second-order valence-electron chi connectivity index (χ2n) is 5.20. The molecule has 4 nitrogen and oxygen atoms in total. The zero-order chi connectivity index (χ0) is 14.8. The lowest BCUT2D eigenvalue weighted by atomic mass is 10.1. The summed E-state index contributed by atoms with van der Waals surface area (Å²) >= 11 is 0. The molecule has 0 radical (unpaired) electrons. The monoisotopic (exact) mass is 281 g/mol. The molecule has 0 amide bonds. The molecule has 0 bridgehead atoms. The molecule has 0 aliphatic heterocycles. The van der Waals surface area contributed by atoms with Crippen molar-refractivity contribution in [2.75, 3.05) is 5.32 Å². The van der Waals surface area contributed by atoms with Gasteiger partial charge in [0.05, 0.1) is 17.4 Å². The lowest BCUT2D eigenvalue weighted by molar-refractivity contribution is 0.500. The first kappa shape index (κ1) is 13.5. The van der Waals surface area contributed by atoms with E-state index in [1.807, 2.05) is 42.9 Å². The molecule has 4 heteroatoms. The van der Waals surface area contributed by atoms with E-state index in [1.165, 1.54) is 5.56 Å². The first-order valence-electron chi connectivity index (χ1n) is 7.07. The molecule has 1 atom stereocenters. The van der Waals surface area contributed by atoms with Crippen LogP contribution in [0.1, 0.15) is 30.0 Å². The Balaban J connectivity index is 1.90. The molecule has 0 aliphatic carbocycles. The number of hydrogen-bond acceptors (Lipinski definition) is 3. The smallest absolute Gasteiger partial charge is 0.106 e. The molecule has 0 saturated heterocycles. The van der Waals surface area contributed by atoms with Gasteiger partial charge in [0, 0.05) is 18.0 Å². The van der Waals surface area contributed by atoms with E-state index in [0.717, 1.165) is 22.9 Å². The number of benzene rings is 1. The van der Waals surface area contributed by atoms with Gasteiger partial charge in [-0.05, 0) is 45.0 Å². The standard InChI is InChI=1S/C17H19N3O/c1-12-11-15(14(3)21-12)13(2)19-16-7-4-5-8-17(16)20-10-6-9-18-20/h4-11,13,19H,1-3H3. The van der Waals surface area contributed by atoms with Crippen LogP contribution >= 0.6 is 0 Å². The Morgan fingerprint density at radius 2 is 2.00 bits per heavy atom. The van der Waals surface area contributed by atoms with Crippen LogP contribution in [-0.2, 0) is 0 Å². The van der Waals surface area contributed by atoms with Gasteiger partial charge in [0.1, 0.15) is 11.5 Å². The second kappa shape index (κ2) is 5.48. The maximum Gasteiger partial charge on any atom is 0.106 e. The Morgan fingerprint density at radius 3 is 2.67 bits per heavy atom. The summed E-state index contributed by atoms with van der Waals surface area (Å²) in [7, 11) is 0. The average molecular weight is 281 g/mol. The van der Waals surface area contributed by atoms with Gasteiger partial charge in [-0.15, -0.1) is 0 Å². The quantitative estimate of drug-likeness (QED) is 0.777. The first-order valence-corrected chi connectivity index (χ1v) is 7.07. The maximum atomic E-state index is 5.62. The van der Waals surface area contributed by atoms with Gasteiger partial charge in [0.15, 0.2) is 0 Å². The normalized spacial score (nSPS) is 12.3. The second-order valence-corrected chi connectivity index (χ2v) is 5.20. The summed E-state index contributed by atoms with van der Waals surface area (Å²) in [5, 5.41) is 7.86. The van der Waals surface area contributed by atoms with Crippen LogP contribution in [0.15, 0.2) is 53.2 Å². The van der Waals surface area contributed by atoms with Crippen LogP contribution in [0.5, 0.6) is 0 Å².